The highest BCUT2D eigenvalue weighted by molar-refractivity contribution is 9.10. The molecule has 27 heavy (non-hydrogen) atoms. The van der Waals surface area contributed by atoms with E-state index in [-0.39, 0.29) is 18.7 Å². The van der Waals surface area contributed by atoms with Crippen molar-refractivity contribution in [2.75, 3.05) is 18.1 Å². The van der Waals surface area contributed by atoms with Crippen LogP contribution in [0.2, 0.25) is 0 Å². The maximum Gasteiger partial charge on any atom is 0.286 e. The summed E-state index contributed by atoms with van der Waals surface area (Å²) < 4.78 is 7.91. The Morgan fingerprint density at radius 3 is 2.70 bits per heavy atom. The molecule has 0 saturated carbocycles. The molecule has 0 unspecified atom stereocenters. The van der Waals surface area contributed by atoms with Crippen molar-refractivity contribution < 1.29 is 19.1 Å². The number of aryl methyl sites for hydroxylation is 1. The summed E-state index contributed by atoms with van der Waals surface area (Å²) in [7, 11) is 1.72. The third-order valence-corrected chi connectivity index (χ3v) is 4.55. The molecule has 2 aromatic rings. The molecule has 0 fully saturated rings. The number of aromatic nitrogens is 1. The van der Waals surface area contributed by atoms with Crippen molar-refractivity contribution >= 4 is 39.3 Å². The Labute approximate surface area is 164 Å². The quantitative estimate of drug-likeness (QED) is 0.716. The van der Waals surface area contributed by atoms with Gasteiger partial charge in [-0.3, -0.25) is 25.2 Å². The maximum absolute atomic E-state index is 12.5. The van der Waals surface area contributed by atoms with Gasteiger partial charge in [0.2, 0.25) is 11.8 Å². The first-order valence-corrected chi connectivity index (χ1v) is 9.18. The minimum absolute atomic E-state index is 0.0323. The summed E-state index contributed by atoms with van der Waals surface area (Å²) in [6, 6.07) is 8.93. The van der Waals surface area contributed by atoms with Crippen LogP contribution >= 0.6 is 15.9 Å². The summed E-state index contributed by atoms with van der Waals surface area (Å²) >= 11 is 3.28. The number of rotatable bonds is 4. The highest BCUT2D eigenvalue weighted by atomic mass is 79.9. The van der Waals surface area contributed by atoms with E-state index in [9.17, 15) is 14.4 Å². The molecule has 2 heterocycles. The van der Waals surface area contributed by atoms with Gasteiger partial charge >= 0.3 is 0 Å². The fraction of sp³-hybridized carbons (Fsp3) is 0.278. The highest BCUT2D eigenvalue weighted by Gasteiger charge is 2.23. The van der Waals surface area contributed by atoms with Crippen molar-refractivity contribution in [2.24, 2.45) is 7.05 Å². The monoisotopic (exact) mass is 434 g/mol. The second-order valence-corrected chi connectivity index (χ2v) is 6.93. The third kappa shape index (κ3) is 4.48. The molecule has 0 atom stereocenters. The first-order chi connectivity index (χ1) is 13.0. The largest absolute Gasteiger partial charge is 0.490 e. The van der Waals surface area contributed by atoms with E-state index in [0.29, 0.717) is 30.3 Å². The topological polar surface area (TPSA) is 92.7 Å². The van der Waals surface area contributed by atoms with Gasteiger partial charge in [-0.1, -0.05) is 12.1 Å². The number of benzene rings is 1. The smallest absolute Gasteiger partial charge is 0.286 e. The minimum Gasteiger partial charge on any atom is -0.490 e. The number of para-hydroxylation sites is 2. The van der Waals surface area contributed by atoms with E-state index in [1.54, 1.807) is 34.8 Å². The predicted octanol–water partition coefficient (Wildman–Crippen LogP) is 1.75. The number of hydrogen-bond acceptors (Lipinski definition) is 4. The molecule has 0 radical (unpaired) electrons. The summed E-state index contributed by atoms with van der Waals surface area (Å²) in [4.78, 5) is 38.1. The van der Waals surface area contributed by atoms with Crippen molar-refractivity contribution in [1.29, 1.82) is 0 Å². The number of carbonyl (C=O) groups is 3. The van der Waals surface area contributed by atoms with E-state index >= 15 is 0 Å². The minimum atomic E-state index is -0.440. The maximum atomic E-state index is 12.5. The van der Waals surface area contributed by atoms with E-state index in [0.717, 1.165) is 4.47 Å². The number of amides is 3. The molecule has 8 nitrogen and oxygen atoms in total. The van der Waals surface area contributed by atoms with Gasteiger partial charge in [-0.15, -0.1) is 0 Å². The lowest BCUT2D eigenvalue weighted by Gasteiger charge is -2.29. The Morgan fingerprint density at radius 2 is 1.96 bits per heavy atom. The molecule has 1 aliphatic rings. The number of fused-ring (bicyclic) bond motifs is 1. The van der Waals surface area contributed by atoms with Gasteiger partial charge in [-0.2, -0.15) is 0 Å². The fourth-order valence-electron chi connectivity index (χ4n) is 2.79. The van der Waals surface area contributed by atoms with Gasteiger partial charge in [0.15, 0.2) is 0 Å². The molecule has 1 aromatic heterocycles. The molecule has 0 spiro atoms. The number of ether oxygens (including phenoxy) is 1. The van der Waals surface area contributed by atoms with Crippen LogP contribution in [0.25, 0.3) is 0 Å². The molecule has 3 amide bonds. The molecule has 1 aliphatic heterocycles. The number of hydrazine groups is 1. The lowest BCUT2D eigenvalue weighted by molar-refractivity contribution is -0.125. The molecular weight excluding hydrogens is 416 g/mol. The lowest BCUT2D eigenvalue weighted by atomic mass is 10.2. The number of anilines is 1. The second-order valence-electron chi connectivity index (χ2n) is 6.02. The number of carbonyl (C=O) groups excluding carboxylic acids is 3. The van der Waals surface area contributed by atoms with Crippen molar-refractivity contribution in [1.82, 2.24) is 15.4 Å². The fourth-order valence-corrected chi connectivity index (χ4v) is 3.31. The van der Waals surface area contributed by atoms with E-state index in [2.05, 4.69) is 26.8 Å². The summed E-state index contributed by atoms with van der Waals surface area (Å²) in [5.74, 6) is -0.391. The van der Waals surface area contributed by atoms with E-state index < -0.39 is 11.8 Å². The van der Waals surface area contributed by atoms with Crippen LogP contribution in [0.4, 0.5) is 5.69 Å². The first kappa shape index (κ1) is 19.0. The molecule has 0 saturated heterocycles. The number of nitrogens with one attached hydrogen (secondary N) is 2. The van der Waals surface area contributed by atoms with Gasteiger partial charge in [0, 0.05) is 30.6 Å². The number of nitrogens with zero attached hydrogens (tertiary/aromatic N) is 2. The average Bonchev–Trinajstić information content (AvgIpc) is 3.01. The zero-order chi connectivity index (χ0) is 19.4. The standard InChI is InChI=1S/C18H19BrN4O4/c1-22-11-12(19)10-14(22)18(26)21-20-16(24)6-7-17(25)23-8-9-27-15-5-3-2-4-13(15)23/h2-5,10-11H,6-9H2,1H3,(H,20,24)(H,21,26). The zero-order valence-electron chi connectivity index (χ0n) is 14.7. The van der Waals surface area contributed by atoms with Crippen molar-refractivity contribution in [3.8, 4) is 5.75 Å². The molecule has 3 rings (SSSR count). The predicted molar refractivity (Wildman–Crippen MR) is 102 cm³/mol. The van der Waals surface area contributed by atoms with Gasteiger partial charge in [0.25, 0.3) is 5.91 Å². The second kappa shape index (κ2) is 8.26. The van der Waals surface area contributed by atoms with Crippen molar-refractivity contribution in [3.05, 3.63) is 46.7 Å². The van der Waals surface area contributed by atoms with Crippen molar-refractivity contribution in [3.63, 3.8) is 0 Å². The molecular formula is C18H19BrN4O4. The van der Waals surface area contributed by atoms with Gasteiger partial charge in [-0.05, 0) is 34.1 Å². The van der Waals surface area contributed by atoms with E-state index in [1.165, 1.54) is 0 Å². The van der Waals surface area contributed by atoms with Crippen LogP contribution in [0.3, 0.4) is 0 Å². The zero-order valence-corrected chi connectivity index (χ0v) is 16.3. The molecule has 9 heteroatoms. The Kier molecular flexibility index (Phi) is 5.80. The summed E-state index contributed by atoms with van der Waals surface area (Å²) in [6.45, 7) is 0.855. The first-order valence-electron chi connectivity index (χ1n) is 8.39. The van der Waals surface area contributed by atoms with Gasteiger partial charge in [-0.25, -0.2) is 0 Å². The third-order valence-electron chi connectivity index (χ3n) is 4.12. The van der Waals surface area contributed by atoms with Crippen LogP contribution in [-0.2, 0) is 16.6 Å². The summed E-state index contributed by atoms with van der Waals surface area (Å²) in [5.41, 5.74) is 5.78. The number of halogens is 1. The van der Waals surface area contributed by atoms with Crippen molar-refractivity contribution in [2.45, 2.75) is 12.8 Å². The normalized spacial score (nSPS) is 12.7. The highest BCUT2D eigenvalue weighted by Crippen LogP contribution is 2.31. The Hall–Kier alpha value is -2.81. The van der Waals surface area contributed by atoms with Gasteiger partial charge in [0.05, 0.1) is 12.2 Å². The molecule has 0 bridgehead atoms. The SMILES string of the molecule is Cn1cc(Br)cc1C(=O)NNC(=O)CCC(=O)N1CCOc2ccccc21. The van der Waals surface area contributed by atoms with Crippen LogP contribution < -0.4 is 20.5 Å². The van der Waals surface area contributed by atoms with Crippen LogP contribution in [-0.4, -0.2) is 35.4 Å². The molecule has 1 aromatic carbocycles. The lowest BCUT2D eigenvalue weighted by Crippen LogP contribution is -2.43. The van der Waals surface area contributed by atoms with Gasteiger partial charge in [0.1, 0.15) is 18.1 Å². The van der Waals surface area contributed by atoms with Crippen LogP contribution in [0.5, 0.6) is 5.75 Å². The van der Waals surface area contributed by atoms with Crippen LogP contribution in [0.15, 0.2) is 41.0 Å². The van der Waals surface area contributed by atoms with E-state index in [1.807, 2.05) is 18.2 Å². The molecule has 2 N–H and O–H groups in total. The molecule has 142 valence electrons. The Morgan fingerprint density at radius 1 is 1.19 bits per heavy atom. The Bertz CT molecular complexity index is 880. The average molecular weight is 435 g/mol. The summed E-state index contributed by atoms with van der Waals surface area (Å²) in [6.07, 6.45) is 1.73. The molecule has 0 aliphatic carbocycles. The van der Waals surface area contributed by atoms with E-state index in [4.69, 9.17) is 4.74 Å². The van der Waals surface area contributed by atoms with Gasteiger partial charge < -0.3 is 14.2 Å². The summed E-state index contributed by atoms with van der Waals surface area (Å²) in [5, 5.41) is 0. The van der Waals surface area contributed by atoms with Crippen LogP contribution in [0.1, 0.15) is 23.3 Å². The van der Waals surface area contributed by atoms with Crippen LogP contribution in [0, 0.1) is 0 Å². The number of hydrogen-bond donors (Lipinski definition) is 2. The Balaban J connectivity index is 1.49.